The minimum Gasteiger partial charge on any atom is -0.477 e. The van der Waals surface area contributed by atoms with Crippen molar-refractivity contribution in [3.05, 3.63) is 33.9 Å². The summed E-state index contributed by atoms with van der Waals surface area (Å²) in [6, 6.07) is 0.971. The summed E-state index contributed by atoms with van der Waals surface area (Å²) in [6.07, 6.45) is 3.25. The second-order valence-corrected chi connectivity index (χ2v) is 9.91. The Labute approximate surface area is 190 Å². The minimum atomic E-state index is -1.34. The third kappa shape index (κ3) is 4.79. The van der Waals surface area contributed by atoms with E-state index < -0.39 is 28.9 Å². The van der Waals surface area contributed by atoms with E-state index in [4.69, 9.17) is 4.74 Å². The zero-order chi connectivity index (χ0) is 24.1. The van der Waals surface area contributed by atoms with Gasteiger partial charge in [-0.3, -0.25) is 4.79 Å². The van der Waals surface area contributed by atoms with E-state index in [1.54, 1.807) is 30.2 Å². The highest BCUT2D eigenvalue weighted by Crippen LogP contribution is 2.37. The Morgan fingerprint density at radius 1 is 1.30 bits per heavy atom. The fraction of sp³-hybridized carbons (Fsp3) is 0.565. The summed E-state index contributed by atoms with van der Waals surface area (Å²) in [4.78, 5) is 42.5. The lowest BCUT2D eigenvalue weighted by atomic mass is 10.0. The normalized spacial score (nSPS) is 19.5. The van der Waals surface area contributed by atoms with Gasteiger partial charge < -0.3 is 24.6 Å². The van der Waals surface area contributed by atoms with Crippen LogP contribution < -0.4 is 15.6 Å². The molecule has 1 saturated carbocycles. The molecular weight excluding hydrogens is 431 g/mol. The van der Waals surface area contributed by atoms with E-state index in [1.165, 1.54) is 6.20 Å². The number of carboxylic acid groups (broad SMARTS) is 1. The number of carbonyl (C=O) groups excluding carboxylic acids is 1. The van der Waals surface area contributed by atoms with E-state index in [0.29, 0.717) is 18.7 Å². The largest absolute Gasteiger partial charge is 0.477 e. The number of anilines is 1. The van der Waals surface area contributed by atoms with E-state index in [0.717, 1.165) is 25.3 Å². The van der Waals surface area contributed by atoms with Crippen LogP contribution in [0.4, 0.5) is 15.0 Å². The van der Waals surface area contributed by atoms with Crippen LogP contribution in [0.5, 0.6) is 0 Å². The van der Waals surface area contributed by atoms with Gasteiger partial charge in [0.1, 0.15) is 16.8 Å². The van der Waals surface area contributed by atoms with Crippen molar-refractivity contribution < 1.29 is 23.8 Å². The van der Waals surface area contributed by atoms with Crippen molar-refractivity contribution in [2.45, 2.75) is 64.6 Å². The molecule has 1 unspecified atom stereocenters. The Hall–Kier alpha value is -3.17. The lowest BCUT2D eigenvalue weighted by Gasteiger charge is -2.25. The molecule has 2 aliphatic rings. The SMILES string of the molecule is C[C@@H](NC(=O)OC(C)(C)C)C1CCN(c2nc3c(cc2F)c(=O)c(C(=O)O)cn3C2CC2)C1. The Bertz CT molecular complexity index is 1170. The zero-order valence-electron chi connectivity index (χ0n) is 19.2. The second-order valence-electron chi connectivity index (χ2n) is 9.91. The van der Waals surface area contributed by atoms with E-state index >= 15 is 4.39 Å². The number of hydrogen-bond acceptors (Lipinski definition) is 6. The average molecular weight is 461 g/mol. The van der Waals surface area contributed by atoms with E-state index in [1.807, 2.05) is 6.92 Å². The van der Waals surface area contributed by atoms with Crippen molar-refractivity contribution >= 4 is 28.9 Å². The molecule has 10 heteroatoms. The number of hydrogen-bond donors (Lipinski definition) is 2. The molecule has 2 fully saturated rings. The highest BCUT2D eigenvalue weighted by Gasteiger charge is 2.33. The van der Waals surface area contributed by atoms with Gasteiger partial charge in [0.05, 0.1) is 5.39 Å². The smallest absolute Gasteiger partial charge is 0.407 e. The van der Waals surface area contributed by atoms with Crippen LogP contribution in [0.25, 0.3) is 11.0 Å². The Balaban J connectivity index is 1.59. The van der Waals surface area contributed by atoms with Crippen molar-refractivity contribution in [1.82, 2.24) is 14.9 Å². The molecule has 33 heavy (non-hydrogen) atoms. The second kappa shape index (κ2) is 8.31. The molecule has 9 nitrogen and oxygen atoms in total. The minimum absolute atomic E-state index is 0.0289. The van der Waals surface area contributed by atoms with Gasteiger partial charge in [0.25, 0.3) is 0 Å². The molecule has 0 radical (unpaired) electrons. The Kier molecular flexibility index (Phi) is 5.79. The van der Waals surface area contributed by atoms with Crippen molar-refractivity contribution in [2.75, 3.05) is 18.0 Å². The van der Waals surface area contributed by atoms with Gasteiger partial charge in [-0.15, -0.1) is 0 Å². The first kappa shape index (κ1) is 23.0. The fourth-order valence-corrected chi connectivity index (χ4v) is 4.24. The number of nitrogens with zero attached hydrogens (tertiary/aromatic N) is 3. The molecule has 1 aliphatic heterocycles. The number of aromatic carboxylic acids is 1. The molecule has 0 aromatic carbocycles. The standard InChI is InChI=1S/C23H29FN4O5/c1-12(25-22(32)33-23(2,3)4)13-7-8-27(10-13)20-17(24)9-15-18(29)16(21(30)31)11-28(14-5-6-14)19(15)26-20/h9,11-14H,5-8,10H2,1-4H3,(H,25,32)(H,30,31)/t12-,13?/m1/s1. The molecule has 1 saturated heterocycles. The van der Waals surface area contributed by atoms with Gasteiger partial charge in [0, 0.05) is 31.4 Å². The highest BCUT2D eigenvalue weighted by atomic mass is 19.1. The first-order chi connectivity index (χ1) is 15.4. The van der Waals surface area contributed by atoms with Crippen LogP contribution in [0, 0.1) is 11.7 Å². The van der Waals surface area contributed by atoms with Gasteiger partial charge in [-0.05, 0) is 58.9 Å². The first-order valence-electron chi connectivity index (χ1n) is 11.2. The maximum absolute atomic E-state index is 15.1. The predicted molar refractivity (Wildman–Crippen MR) is 120 cm³/mol. The zero-order valence-corrected chi connectivity index (χ0v) is 19.2. The van der Waals surface area contributed by atoms with Crippen LogP contribution in [-0.2, 0) is 4.74 Å². The first-order valence-corrected chi connectivity index (χ1v) is 11.2. The summed E-state index contributed by atoms with van der Waals surface area (Å²) in [5.74, 6) is -1.81. The summed E-state index contributed by atoms with van der Waals surface area (Å²) >= 11 is 0. The van der Waals surface area contributed by atoms with Gasteiger partial charge in [0.15, 0.2) is 11.6 Å². The number of alkyl carbamates (subject to hydrolysis) is 1. The van der Waals surface area contributed by atoms with E-state index in [-0.39, 0.29) is 34.8 Å². The van der Waals surface area contributed by atoms with E-state index in [2.05, 4.69) is 10.3 Å². The number of carbonyl (C=O) groups is 2. The predicted octanol–water partition coefficient (Wildman–Crippen LogP) is 3.31. The number of nitrogens with one attached hydrogen (secondary N) is 1. The molecule has 2 aromatic heterocycles. The number of ether oxygens (including phenoxy) is 1. The molecule has 3 heterocycles. The number of fused-ring (bicyclic) bond motifs is 1. The molecule has 0 spiro atoms. The molecule has 0 bridgehead atoms. The summed E-state index contributed by atoms with van der Waals surface area (Å²) in [5, 5.41) is 12.2. The lowest BCUT2D eigenvalue weighted by molar-refractivity contribution is 0.0494. The number of halogens is 1. The maximum Gasteiger partial charge on any atom is 0.407 e. The molecule has 178 valence electrons. The van der Waals surface area contributed by atoms with Crippen molar-refractivity contribution in [2.24, 2.45) is 5.92 Å². The number of aromatic nitrogens is 2. The fourth-order valence-electron chi connectivity index (χ4n) is 4.24. The molecule has 4 rings (SSSR count). The van der Waals surface area contributed by atoms with Crippen LogP contribution in [0.3, 0.4) is 0 Å². The van der Waals surface area contributed by atoms with Gasteiger partial charge in [-0.2, -0.15) is 0 Å². The Morgan fingerprint density at radius 2 is 2.00 bits per heavy atom. The van der Waals surface area contributed by atoms with Crippen molar-refractivity contribution in [3.63, 3.8) is 0 Å². The van der Waals surface area contributed by atoms with Crippen LogP contribution in [0.2, 0.25) is 0 Å². The summed E-state index contributed by atoms with van der Waals surface area (Å²) in [5.41, 5.74) is -1.41. The molecular formula is C23H29FN4O5. The highest BCUT2D eigenvalue weighted by molar-refractivity contribution is 5.92. The van der Waals surface area contributed by atoms with Crippen molar-refractivity contribution in [1.29, 1.82) is 0 Å². The van der Waals surface area contributed by atoms with Gasteiger partial charge >= 0.3 is 12.1 Å². The number of pyridine rings is 2. The van der Waals surface area contributed by atoms with Gasteiger partial charge in [0.2, 0.25) is 5.43 Å². The van der Waals surface area contributed by atoms with Crippen LogP contribution in [-0.4, -0.2) is 51.5 Å². The molecule has 1 aliphatic carbocycles. The van der Waals surface area contributed by atoms with E-state index in [9.17, 15) is 19.5 Å². The molecule has 1 amide bonds. The van der Waals surface area contributed by atoms with Gasteiger partial charge in [-0.1, -0.05) is 0 Å². The molecule has 2 atom stereocenters. The number of rotatable bonds is 5. The summed E-state index contributed by atoms with van der Waals surface area (Å²) in [7, 11) is 0. The van der Waals surface area contributed by atoms with Crippen molar-refractivity contribution in [3.8, 4) is 0 Å². The number of carboxylic acids is 1. The van der Waals surface area contributed by atoms with Gasteiger partial charge in [-0.25, -0.2) is 19.0 Å². The monoisotopic (exact) mass is 460 g/mol. The quantitative estimate of drug-likeness (QED) is 0.704. The Morgan fingerprint density at radius 3 is 2.61 bits per heavy atom. The molecule has 2 aromatic rings. The molecule has 2 N–H and O–H groups in total. The average Bonchev–Trinajstić information content (AvgIpc) is 3.42. The van der Waals surface area contributed by atoms with Crippen LogP contribution in [0.15, 0.2) is 17.1 Å². The topological polar surface area (TPSA) is 114 Å². The lowest BCUT2D eigenvalue weighted by Crippen LogP contribution is -2.42. The third-order valence-corrected chi connectivity index (χ3v) is 6.09. The number of amides is 1. The summed E-state index contributed by atoms with van der Waals surface area (Å²) < 4.78 is 22.1. The maximum atomic E-state index is 15.1. The summed E-state index contributed by atoms with van der Waals surface area (Å²) in [6.45, 7) is 8.30. The van der Waals surface area contributed by atoms with Crippen LogP contribution >= 0.6 is 0 Å². The van der Waals surface area contributed by atoms with Crippen LogP contribution in [0.1, 0.15) is 63.4 Å². The third-order valence-electron chi connectivity index (χ3n) is 6.09.